The van der Waals surface area contributed by atoms with Gasteiger partial charge in [0, 0.05) is 12.0 Å². The maximum absolute atomic E-state index is 11.5. The molecule has 2 N–H and O–H groups in total. The summed E-state index contributed by atoms with van der Waals surface area (Å²) in [5.41, 5.74) is 1.38. The molecule has 0 saturated heterocycles. The van der Waals surface area contributed by atoms with E-state index in [1.54, 1.807) is 0 Å². The van der Waals surface area contributed by atoms with Crippen molar-refractivity contribution in [3.8, 4) is 17.2 Å². The second-order valence-corrected chi connectivity index (χ2v) is 4.45. The van der Waals surface area contributed by atoms with Crippen LogP contribution in [-0.2, 0) is 6.42 Å². The van der Waals surface area contributed by atoms with Crippen molar-refractivity contribution in [2.24, 2.45) is 0 Å². The van der Waals surface area contributed by atoms with Crippen LogP contribution < -0.4 is 9.47 Å². The second kappa shape index (κ2) is 6.17. The molecule has 0 spiro atoms. The molecule has 0 radical (unpaired) electrons. The fraction of sp³-hybridized carbons (Fsp3) is 0.188. The van der Waals surface area contributed by atoms with Gasteiger partial charge in [0.2, 0.25) is 5.75 Å². The Morgan fingerprint density at radius 1 is 1.14 bits per heavy atom. The molecule has 21 heavy (non-hydrogen) atoms. The molecule has 0 aliphatic carbocycles. The number of hydrogen-bond donors (Lipinski definition) is 2. The minimum atomic E-state index is -1.10. The molecule has 2 aromatic rings. The molecule has 0 bridgehead atoms. The van der Waals surface area contributed by atoms with Crippen LogP contribution in [0.15, 0.2) is 36.4 Å². The number of aromatic carboxylic acids is 1. The number of carboxylic acids is 1. The van der Waals surface area contributed by atoms with E-state index in [-0.39, 0.29) is 22.8 Å². The van der Waals surface area contributed by atoms with Crippen LogP contribution in [0.3, 0.4) is 0 Å². The van der Waals surface area contributed by atoms with Gasteiger partial charge in [0.15, 0.2) is 11.5 Å². The first-order chi connectivity index (χ1) is 10.1. The van der Waals surface area contributed by atoms with Gasteiger partial charge in [-0.3, -0.25) is 0 Å². The molecule has 0 unspecified atom stereocenters. The van der Waals surface area contributed by atoms with Crippen molar-refractivity contribution >= 4 is 5.97 Å². The Labute approximate surface area is 122 Å². The van der Waals surface area contributed by atoms with Crippen molar-refractivity contribution < 1.29 is 24.5 Å². The first-order valence-corrected chi connectivity index (χ1v) is 6.32. The summed E-state index contributed by atoms with van der Waals surface area (Å²) in [5, 5.41) is 19.5. The molecule has 0 aliphatic rings. The molecule has 110 valence electrons. The molecule has 0 amide bonds. The molecule has 0 aliphatic heterocycles. The van der Waals surface area contributed by atoms with E-state index >= 15 is 0 Å². The summed E-state index contributed by atoms with van der Waals surface area (Å²) < 4.78 is 10.2. The molecule has 0 fully saturated rings. The van der Waals surface area contributed by atoms with Crippen molar-refractivity contribution in [3.63, 3.8) is 0 Å². The van der Waals surface area contributed by atoms with E-state index in [1.807, 2.05) is 30.3 Å². The number of rotatable bonds is 5. The summed E-state index contributed by atoms with van der Waals surface area (Å²) in [4.78, 5) is 11.5. The Hall–Kier alpha value is -2.69. The molecular weight excluding hydrogens is 272 g/mol. The zero-order chi connectivity index (χ0) is 15.4. The largest absolute Gasteiger partial charge is 0.502 e. The number of carboxylic acid groups (broad SMARTS) is 1. The number of phenolic OH excluding ortho intramolecular Hbond substituents is 1. The van der Waals surface area contributed by atoms with Gasteiger partial charge in [0.25, 0.3) is 0 Å². The van der Waals surface area contributed by atoms with E-state index < -0.39 is 5.97 Å². The maximum Gasteiger partial charge on any atom is 0.336 e. The first kappa shape index (κ1) is 14.7. The van der Waals surface area contributed by atoms with Gasteiger partial charge in [0.05, 0.1) is 19.8 Å². The van der Waals surface area contributed by atoms with Crippen LogP contribution in [0.2, 0.25) is 0 Å². The number of benzene rings is 2. The van der Waals surface area contributed by atoms with Crippen molar-refractivity contribution in [2.75, 3.05) is 14.2 Å². The standard InChI is InChI=1S/C16H16O5/c1-20-13-9-12(16(18)19)11(15(21-2)14(13)17)8-10-6-4-3-5-7-10/h3-7,9,17H,8H2,1-2H3,(H,18,19). The number of phenols is 1. The first-order valence-electron chi connectivity index (χ1n) is 6.32. The normalized spacial score (nSPS) is 10.2. The highest BCUT2D eigenvalue weighted by Gasteiger charge is 2.22. The van der Waals surface area contributed by atoms with Gasteiger partial charge < -0.3 is 19.7 Å². The summed E-state index contributed by atoms with van der Waals surface area (Å²) in [6.07, 6.45) is 0.337. The lowest BCUT2D eigenvalue weighted by atomic mass is 9.97. The van der Waals surface area contributed by atoms with E-state index in [0.717, 1.165) is 5.56 Å². The highest BCUT2D eigenvalue weighted by molar-refractivity contribution is 5.92. The van der Waals surface area contributed by atoms with Crippen LogP contribution in [0.1, 0.15) is 21.5 Å². The van der Waals surface area contributed by atoms with Crippen LogP contribution in [0, 0.1) is 0 Å². The number of aromatic hydroxyl groups is 1. The Kier molecular flexibility index (Phi) is 4.33. The van der Waals surface area contributed by atoms with Crippen LogP contribution >= 0.6 is 0 Å². The maximum atomic E-state index is 11.5. The van der Waals surface area contributed by atoms with Crippen LogP contribution in [0.4, 0.5) is 0 Å². The predicted molar refractivity (Wildman–Crippen MR) is 77.4 cm³/mol. The molecule has 5 nitrogen and oxygen atoms in total. The van der Waals surface area contributed by atoms with Gasteiger partial charge in [-0.2, -0.15) is 0 Å². The number of carbonyl (C=O) groups is 1. The number of hydrogen-bond acceptors (Lipinski definition) is 4. The molecule has 0 heterocycles. The van der Waals surface area contributed by atoms with Crippen molar-refractivity contribution in [1.82, 2.24) is 0 Å². The molecule has 0 saturated carbocycles. The van der Waals surface area contributed by atoms with Crippen LogP contribution in [0.5, 0.6) is 17.2 Å². The highest BCUT2D eigenvalue weighted by atomic mass is 16.5. The van der Waals surface area contributed by atoms with E-state index in [1.165, 1.54) is 20.3 Å². The third kappa shape index (κ3) is 2.91. The monoisotopic (exact) mass is 288 g/mol. The molecule has 0 atom stereocenters. The Morgan fingerprint density at radius 3 is 2.33 bits per heavy atom. The SMILES string of the molecule is COc1cc(C(=O)O)c(Cc2ccccc2)c(OC)c1O. The fourth-order valence-corrected chi connectivity index (χ4v) is 2.21. The average Bonchev–Trinajstić information content (AvgIpc) is 2.48. The number of methoxy groups -OCH3 is 2. The minimum absolute atomic E-state index is 0.0466. The van der Waals surface area contributed by atoms with Crippen molar-refractivity contribution in [1.29, 1.82) is 0 Å². The smallest absolute Gasteiger partial charge is 0.336 e. The zero-order valence-electron chi connectivity index (χ0n) is 11.8. The van der Waals surface area contributed by atoms with Crippen molar-refractivity contribution in [2.45, 2.75) is 6.42 Å². The Bertz CT molecular complexity index is 649. The Morgan fingerprint density at radius 2 is 1.81 bits per heavy atom. The summed E-state index contributed by atoms with van der Waals surface area (Å²) >= 11 is 0. The topological polar surface area (TPSA) is 76.0 Å². The molecule has 2 aromatic carbocycles. The van der Waals surface area contributed by atoms with Gasteiger partial charge in [-0.1, -0.05) is 30.3 Å². The summed E-state index contributed by atoms with van der Waals surface area (Å²) in [6, 6.07) is 10.7. The summed E-state index contributed by atoms with van der Waals surface area (Å²) in [7, 11) is 2.74. The minimum Gasteiger partial charge on any atom is -0.502 e. The van der Waals surface area contributed by atoms with Crippen molar-refractivity contribution in [3.05, 3.63) is 53.1 Å². The molecule has 0 aromatic heterocycles. The lowest BCUT2D eigenvalue weighted by Gasteiger charge is -2.16. The average molecular weight is 288 g/mol. The zero-order valence-corrected chi connectivity index (χ0v) is 11.8. The molecular formula is C16H16O5. The summed E-state index contributed by atoms with van der Waals surface area (Å²) in [5.74, 6) is -1.11. The summed E-state index contributed by atoms with van der Waals surface area (Å²) in [6.45, 7) is 0. The lowest BCUT2D eigenvalue weighted by Crippen LogP contribution is -2.07. The Balaban J connectivity index is 2.61. The van der Waals surface area contributed by atoms with Gasteiger partial charge in [-0.15, -0.1) is 0 Å². The van der Waals surface area contributed by atoms with Gasteiger partial charge >= 0.3 is 5.97 Å². The molecule has 2 rings (SSSR count). The third-order valence-corrected chi connectivity index (χ3v) is 3.20. The lowest BCUT2D eigenvalue weighted by molar-refractivity contribution is 0.0695. The van der Waals surface area contributed by atoms with Crippen LogP contribution in [0.25, 0.3) is 0 Å². The van der Waals surface area contributed by atoms with Crippen LogP contribution in [-0.4, -0.2) is 30.4 Å². The predicted octanol–water partition coefficient (Wildman–Crippen LogP) is 2.70. The third-order valence-electron chi connectivity index (χ3n) is 3.20. The van der Waals surface area contributed by atoms with E-state index in [0.29, 0.717) is 12.0 Å². The number of ether oxygens (including phenoxy) is 2. The molecule has 5 heteroatoms. The fourth-order valence-electron chi connectivity index (χ4n) is 2.21. The van der Waals surface area contributed by atoms with E-state index in [4.69, 9.17) is 9.47 Å². The quantitative estimate of drug-likeness (QED) is 0.884. The van der Waals surface area contributed by atoms with Gasteiger partial charge in [-0.25, -0.2) is 4.79 Å². The second-order valence-electron chi connectivity index (χ2n) is 4.45. The van der Waals surface area contributed by atoms with E-state index in [2.05, 4.69) is 0 Å². The highest BCUT2D eigenvalue weighted by Crippen LogP contribution is 2.42. The van der Waals surface area contributed by atoms with Gasteiger partial charge in [-0.05, 0) is 11.6 Å². The van der Waals surface area contributed by atoms with Gasteiger partial charge in [0.1, 0.15) is 0 Å². The van der Waals surface area contributed by atoms with E-state index in [9.17, 15) is 15.0 Å².